The summed E-state index contributed by atoms with van der Waals surface area (Å²) in [4.78, 5) is 0. The van der Waals surface area contributed by atoms with Crippen LogP contribution in [0.1, 0.15) is 12.0 Å². The van der Waals surface area contributed by atoms with E-state index in [1.807, 2.05) is 0 Å². The second-order valence-corrected chi connectivity index (χ2v) is 6.15. The first-order valence-electron chi connectivity index (χ1n) is 5.62. The lowest BCUT2D eigenvalue weighted by atomic mass is 10.2. The third-order valence-electron chi connectivity index (χ3n) is 2.12. The summed E-state index contributed by atoms with van der Waals surface area (Å²) < 4.78 is 40.3. The number of sulfone groups is 1. The molecule has 1 N–H and O–H groups in total. The van der Waals surface area contributed by atoms with Gasteiger partial charge in [0, 0.05) is 18.7 Å². The average Bonchev–Trinajstić information content (AvgIpc) is 2.30. The maximum Gasteiger partial charge on any atom is 0.150 e. The largest absolute Gasteiger partial charge is 0.491 e. The molecule has 1 aromatic carbocycles. The van der Waals surface area contributed by atoms with Crippen molar-refractivity contribution in [3.8, 4) is 17.6 Å². The molecule has 1 rings (SSSR count). The zero-order chi connectivity index (χ0) is 14.3. The summed E-state index contributed by atoms with van der Waals surface area (Å²) in [5.41, 5.74) is 0.461. The van der Waals surface area contributed by atoms with Gasteiger partial charge in [-0.3, -0.25) is 0 Å². The van der Waals surface area contributed by atoms with E-state index in [-0.39, 0.29) is 24.7 Å². The molecule has 104 valence electrons. The van der Waals surface area contributed by atoms with Gasteiger partial charge in [0.2, 0.25) is 0 Å². The Hall–Kier alpha value is -1.58. The van der Waals surface area contributed by atoms with Crippen molar-refractivity contribution in [1.29, 1.82) is 0 Å². The van der Waals surface area contributed by atoms with Crippen molar-refractivity contribution in [3.63, 3.8) is 0 Å². The molecule has 0 aliphatic carbocycles. The van der Waals surface area contributed by atoms with Crippen molar-refractivity contribution >= 4 is 9.84 Å². The molecule has 6 heteroatoms. The smallest absolute Gasteiger partial charge is 0.150 e. The van der Waals surface area contributed by atoms with Crippen molar-refractivity contribution in [3.05, 3.63) is 29.6 Å². The molecule has 0 atom stereocenters. The van der Waals surface area contributed by atoms with Gasteiger partial charge in [0.1, 0.15) is 18.2 Å². The SMILES string of the molecule is CS(=O)(=O)CCOc1cc(F)ccc1C#CCCO. The van der Waals surface area contributed by atoms with Gasteiger partial charge in [-0.2, -0.15) is 0 Å². The van der Waals surface area contributed by atoms with Gasteiger partial charge in [-0.05, 0) is 12.1 Å². The molecule has 1 aromatic rings. The fourth-order valence-electron chi connectivity index (χ4n) is 1.24. The van der Waals surface area contributed by atoms with Crippen LogP contribution < -0.4 is 4.74 Å². The normalized spacial score (nSPS) is 10.7. The molecule has 0 saturated heterocycles. The predicted octanol–water partition coefficient (Wildman–Crippen LogP) is 0.983. The van der Waals surface area contributed by atoms with E-state index in [9.17, 15) is 12.8 Å². The highest BCUT2D eigenvalue weighted by molar-refractivity contribution is 7.90. The van der Waals surface area contributed by atoms with Gasteiger partial charge in [-0.25, -0.2) is 12.8 Å². The topological polar surface area (TPSA) is 63.6 Å². The van der Waals surface area contributed by atoms with E-state index in [0.717, 1.165) is 12.3 Å². The first-order valence-corrected chi connectivity index (χ1v) is 7.68. The molecule has 0 fully saturated rings. The van der Waals surface area contributed by atoms with E-state index in [1.165, 1.54) is 12.1 Å². The summed E-state index contributed by atoms with van der Waals surface area (Å²) in [6.45, 7) is -0.116. The van der Waals surface area contributed by atoms with Crippen molar-refractivity contribution in [2.24, 2.45) is 0 Å². The predicted molar refractivity (Wildman–Crippen MR) is 70.2 cm³/mol. The van der Waals surface area contributed by atoms with Crippen molar-refractivity contribution in [1.82, 2.24) is 0 Å². The Morgan fingerprint density at radius 3 is 2.79 bits per heavy atom. The van der Waals surface area contributed by atoms with Crippen LogP contribution in [-0.2, 0) is 9.84 Å². The van der Waals surface area contributed by atoms with Gasteiger partial charge in [-0.15, -0.1) is 0 Å². The van der Waals surface area contributed by atoms with Crippen molar-refractivity contribution in [2.75, 3.05) is 25.2 Å². The van der Waals surface area contributed by atoms with E-state index < -0.39 is 15.7 Å². The number of hydrogen-bond donors (Lipinski definition) is 1. The van der Waals surface area contributed by atoms with E-state index in [2.05, 4.69) is 11.8 Å². The molecule has 0 aliphatic rings. The highest BCUT2D eigenvalue weighted by Crippen LogP contribution is 2.19. The number of halogens is 1. The number of hydrogen-bond acceptors (Lipinski definition) is 4. The molecule has 19 heavy (non-hydrogen) atoms. The summed E-state index contributed by atoms with van der Waals surface area (Å²) in [6, 6.07) is 3.85. The van der Waals surface area contributed by atoms with Gasteiger partial charge in [0.15, 0.2) is 9.84 Å². The number of ether oxygens (including phenoxy) is 1. The minimum absolute atomic E-state index is 0.0571. The third kappa shape index (κ3) is 6.22. The highest BCUT2D eigenvalue weighted by atomic mass is 32.2. The Morgan fingerprint density at radius 1 is 1.42 bits per heavy atom. The maximum absolute atomic E-state index is 13.1. The standard InChI is InChI=1S/C13H15FO4S/c1-19(16,17)9-8-18-13-10-12(14)6-5-11(13)4-2-3-7-15/h5-6,10,15H,3,7-9H2,1H3. The van der Waals surface area contributed by atoms with E-state index in [1.54, 1.807) is 0 Å². The van der Waals surface area contributed by atoms with Gasteiger partial charge in [0.25, 0.3) is 0 Å². The Labute approximate surface area is 112 Å². The lowest BCUT2D eigenvalue weighted by Crippen LogP contribution is -2.12. The molecule has 0 radical (unpaired) electrons. The van der Waals surface area contributed by atoms with Crippen LogP contribution in [0.15, 0.2) is 18.2 Å². The summed E-state index contributed by atoms with van der Waals surface area (Å²) in [5.74, 6) is 5.01. The van der Waals surface area contributed by atoms with Gasteiger partial charge < -0.3 is 9.84 Å². The first-order chi connectivity index (χ1) is 8.92. The minimum atomic E-state index is -3.13. The summed E-state index contributed by atoms with van der Waals surface area (Å²) in [5, 5.41) is 8.63. The lowest BCUT2D eigenvalue weighted by molar-refractivity contribution is 0.305. The Bertz CT molecular complexity index is 584. The maximum atomic E-state index is 13.1. The molecule has 0 spiro atoms. The van der Waals surface area contributed by atoms with Gasteiger partial charge in [0.05, 0.1) is 17.9 Å². The number of rotatable bonds is 5. The number of aliphatic hydroxyl groups excluding tert-OH is 1. The fourth-order valence-corrected chi connectivity index (χ4v) is 1.62. The second-order valence-electron chi connectivity index (χ2n) is 3.89. The van der Waals surface area contributed by atoms with Crippen LogP contribution in [0.5, 0.6) is 5.75 Å². The van der Waals surface area contributed by atoms with Crippen LogP contribution >= 0.6 is 0 Å². The average molecular weight is 286 g/mol. The Morgan fingerprint density at radius 2 is 2.16 bits per heavy atom. The monoisotopic (exact) mass is 286 g/mol. The third-order valence-corrected chi connectivity index (χ3v) is 3.02. The summed E-state index contributed by atoms with van der Waals surface area (Å²) >= 11 is 0. The number of aliphatic hydroxyl groups is 1. The van der Waals surface area contributed by atoms with Crippen LogP contribution in [0.3, 0.4) is 0 Å². The molecule has 0 saturated carbocycles. The Balaban J connectivity index is 2.80. The van der Waals surface area contributed by atoms with Crippen LogP contribution in [0.2, 0.25) is 0 Å². The van der Waals surface area contributed by atoms with E-state index in [4.69, 9.17) is 9.84 Å². The molecule has 0 unspecified atom stereocenters. The Kier molecular flexibility index (Phi) is 5.80. The fraction of sp³-hybridized carbons (Fsp3) is 0.385. The molecule has 0 aromatic heterocycles. The van der Waals surface area contributed by atoms with Gasteiger partial charge >= 0.3 is 0 Å². The van der Waals surface area contributed by atoms with E-state index >= 15 is 0 Å². The summed E-state index contributed by atoms with van der Waals surface area (Å²) in [6.07, 6.45) is 1.41. The molecular formula is C13H15FO4S. The molecule has 0 heterocycles. The second kappa shape index (κ2) is 7.12. The van der Waals surface area contributed by atoms with E-state index in [0.29, 0.717) is 12.0 Å². The molecule has 0 amide bonds. The highest BCUT2D eigenvalue weighted by Gasteiger charge is 2.06. The van der Waals surface area contributed by atoms with Crippen LogP contribution in [0.4, 0.5) is 4.39 Å². The zero-order valence-electron chi connectivity index (χ0n) is 10.5. The first kappa shape index (κ1) is 15.5. The molecule has 4 nitrogen and oxygen atoms in total. The van der Waals surface area contributed by atoms with Crippen molar-refractivity contribution in [2.45, 2.75) is 6.42 Å². The molecule has 0 bridgehead atoms. The van der Waals surface area contributed by atoms with Crippen LogP contribution in [0, 0.1) is 17.7 Å². The summed E-state index contributed by atoms with van der Waals surface area (Å²) in [7, 11) is -3.13. The van der Waals surface area contributed by atoms with Crippen molar-refractivity contribution < 1.29 is 22.7 Å². The van der Waals surface area contributed by atoms with Gasteiger partial charge in [-0.1, -0.05) is 11.8 Å². The van der Waals surface area contributed by atoms with Crippen LogP contribution in [-0.4, -0.2) is 38.7 Å². The quantitative estimate of drug-likeness (QED) is 0.820. The molecular weight excluding hydrogens is 271 g/mol. The number of benzene rings is 1. The molecule has 0 aliphatic heterocycles. The zero-order valence-corrected chi connectivity index (χ0v) is 11.3. The van der Waals surface area contributed by atoms with Crippen LogP contribution in [0.25, 0.3) is 0 Å². The lowest BCUT2D eigenvalue weighted by Gasteiger charge is -2.07. The minimum Gasteiger partial charge on any atom is -0.491 e.